The van der Waals surface area contributed by atoms with E-state index in [0.29, 0.717) is 10.6 Å². The summed E-state index contributed by atoms with van der Waals surface area (Å²) in [5, 5.41) is 6.07. The predicted molar refractivity (Wildman–Crippen MR) is 85.2 cm³/mol. The Morgan fingerprint density at radius 3 is 2.70 bits per heavy atom. The van der Waals surface area contributed by atoms with Gasteiger partial charge >= 0.3 is 6.03 Å². The molecule has 0 unspecified atom stereocenters. The van der Waals surface area contributed by atoms with Crippen molar-refractivity contribution in [1.82, 2.24) is 15.5 Å². The van der Waals surface area contributed by atoms with Crippen LogP contribution >= 0.6 is 23.2 Å². The Hall–Kier alpha value is -1.79. The lowest BCUT2D eigenvalue weighted by molar-refractivity contribution is -0.134. The number of nitrogens with zero attached hydrogens (tertiary/aromatic N) is 1. The van der Waals surface area contributed by atoms with Crippen LogP contribution in [0.25, 0.3) is 0 Å². The third-order valence-electron chi connectivity index (χ3n) is 3.99. The van der Waals surface area contributed by atoms with Crippen LogP contribution in [0.3, 0.4) is 0 Å². The van der Waals surface area contributed by atoms with Crippen LogP contribution in [0, 0.1) is 0 Å². The van der Waals surface area contributed by atoms with Crippen LogP contribution in [-0.2, 0) is 15.1 Å². The van der Waals surface area contributed by atoms with Gasteiger partial charge in [0.2, 0.25) is 5.91 Å². The maximum absolute atomic E-state index is 12.7. The molecule has 1 aliphatic heterocycles. The van der Waals surface area contributed by atoms with E-state index >= 15 is 0 Å². The van der Waals surface area contributed by atoms with Gasteiger partial charge in [0.05, 0.1) is 0 Å². The van der Waals surface area contributed by atoms with Crippen LogP contribution in [0.1, 0.15) is 25.3 Å². The molecule has 1 atom stereocenters. The first-order valence-electron chi connectivity index (χ1n) is 7.20. The number of hydrogen-bond acceptors (Lipinski definition) is 3. The van der Waals surface area contributed by atoms with Crippen molar-refractivity contribution in [1.29, 1.82) is 0 Å². The third-order valence-corrected chi connectivity index (χ3v) is 4.54. The summed E-state index contributed by atoms with van der Waals surface area (Å²) in [6, 6.07) is 4.24. The van der Waals surface area contributed by atoms with Gasteiger partial charge in [-0.1, -0.05) is 29.3 Å². The number of halogens is 2. The summed E-state index contributed by atoms with van der Waals surface area (Å²) in [6.07, 6.45) is 1.87. The standard InChI is InChI=1S/C15H15Cl2N3O3/c1-15(10-5-2-8(16)6-11(10)17)13(22)20(14(23)19-15)7-12(21)18-9-3-4-9/h2,5-6,9H,3-4,7H2,1H3,(H,18,21)(H,19,23)/t15-/m0/s1. The Kier molecular flexibility index (Phi) is 3.98. The van der Waals surface area contributed by atoms with Crippen molar-refractivity contribution in [3.05, 3.63) is 33.8 Å². The van der Waals surface area contributed by atoms with Crippen LogP contribution in [0.4, 0.5) is 4.79 Å². The van der Waals surface area contributed by atoms with Gasteiger partial charge in [0, 0.05) is 21.7 Å². The number of urea groups is 1. The lowest BCUT2D eigenvalue weighted by Gasteiger charge is -2.23. The first kappa shape index (κ1) is 16.1. The van der Waals surface area contributed by atoms with Crippen molar-refractivity contribution in [3.63, 3.8) is 0 Å². The molecule has 2 fully saturated rings. The first-order chi connectivity index (χ1) is 10.8. The molecule has 1 saturated carbocycles. The molecule has 1 saturated heterocycles. The van der Waals surface area contributed by atoms with Crippen LogP contribution < -0.4 is 10.6 Å². The molecule has 8 heteroatoms. The van der Waals surface area contributed by atoms with Crippen molar-refractivity contribution < 1.29 is 14.4 Å². The highest BCUT2D eigenvalue weighted by atomic mass is 35.5. The molecule has 6 nitrogen and oxygen atoms in total. The summed E-state index contributed by atoms with van der Waals surface area (Å²) in [4.78, 5) is 37.6. The first-order valence-corrected chi connectivity index (χ1v) is 7.96. The maximum atomic E-state index is 12.7. The van der Waals surface area contributed by atoms with Gasteiger partial charge in [-0.25, -0.2) is 4.79 Å². The Balaban J connectivity index is 1.82. The smallest absolute Gasteiger partial charge is 0.325 e. The van der Waals surface area contributed by atoms with E-state index in [0.717, 1.165) is 17.7 Å². The third kappa shape index (κ3) is 3.01. The number of rotatable bonds is 4. The van der Waals surface area contributed by atoms with E-state index in [-0.39, 0.29) is 23.5 Å². The van der Waals surface area contributed by atoms with E-state index in [1.165, 1.54) is 6.07 Å². The number of nitrogens with one attached hydrogen (secondary N) is 2. The highest BCUT2D eigenvalue weighted by Gasteiger charge is 2.50. The highest BCUT2D eigenvalue weighted by molar-refractivity contribution is 6.35. The van der Waals surface area contributed by atoms with Gasteiger partial charge in [0.15, 0.2) is 0 Å². The van der Waals surface area contributed by atoms with E-state index in [9.17, 15) is 14.4 Å². The quantitative estimate of drug-likeness (QED) is 0.811. The van der Waals surface area contributed by atoms with Gasteiger partial charge in [-0.15, -0.1) is 0 Å². The molecule has 4 amide bonds. The van der Waals surface area contributed by atoms with E-state index in [2.05, 4.69) is 10.6 Å². The second-order valence-electron chi connectivity index (χ2n) is 5.91. The number of amides is 4. The Bertz CT molecular complexity index is 705. The van der Waals surface area contributed by atoms with Gasteiger partial charge < -0.3 is 10.6 Å². The second-order valence-corrected chi connectivity index (χ2v) is 6.76. The molecule has 3 rings (SSSR count). The van der Waals surface area contributed by atoms with Gasteiger partial charge in [-0.3, -0.25) is 14.5 Å². The van der Waals surface area contributed by atoms with Crippen LogP contribution in [0.5, 0.6) is 0 Å². The maximum Gasteiger partial charge on any atom is 0.325 e. The zero-order chi connectivity index (χ0) is 16.8. The molecule has 23 heavy (non-hydrogen) atoms. The fourth-order valence-electron chi connectivity index (χ4n) is 2.56. The zero-order valence-corrected chi connectivity index (χ0v) is 13.9. The van der Waals surface area contributed by atoms with E-state index in [4.69, 9.17) is 23.2 Å². The number of carbonyl (C=O) groups is 3. The minimum absolute atomic E-state index is 0.167. The highest BCUT2D eigenvalue weighted by Crippen LogP contribution is 2.34. The molecular formula is C15H15Cl2N3O3. The molecule has 0 radical (unpaired) electrons. The molecule has 2 N–H and O–H groups in total. The summed E-state index contributed by atoms with van der Waals surface area (Å²) in [5.74, 6) is -0.861. The fourth-order valence-corrected chi connectivity index (χ4v) is 3.16. The molecule has 0 bridgehead atoms. The largest absolute Gasteiger partial charge is 0.352 e. The average molecular weight is 356 g/mol. The monoisotopic (exact) mass is 355 g/mol. The van der Waals surface area contributed by atoms with Crippen molar-refractivity contribution in [2.24, 2.45) is 0 Å². The molecule has 1 aromatic rings. The van der Waals surface area contributed by atoms with Crippen LogP contribution in [-0.4, -0.2) is 35.3 Å². The molecule has 1 heterocycles. The summed E-state index contributed by atoms with van der Waals surface area (Å²) < 4.78 is 0. The number of imide groups is 1. The van der Waals surface area contributed by atoms with Crippen LogP contribution in [0.15, 0.2) is 18.2 Å². The average Bonchev–Trinajstić information content (AvgIpc) is 3.23. The minimum Gasteiger partial charge on any atom is -0.352 e. The van der Waals surface area contributed by atoms with Gasteiger partial charge in [0.1, 0.15) is 12.1 Å². The van der Waals surface area contributed by atoms with Crippen molar-refractivity contribution in [2.75, 3.05) is 6.54 Å². The van der Waals surface area contributed by atoms with Crippen molar-refractivity contribution >= 4 is 41.0 Å². The van der Waals surface area contributed by atoms with Gasteiger partial charge in [-0.2, -0.15) is 0 Å². The zero-order valence-electron chi connectivity index (χ0n) is 12.4. The molecule has 2 aliphatic rings. The minimum atomic E-state index is -1.32. The Morgan fingerprint density at radius 2 is 2.09 bits per heavy atom. The lowest BCUT2D eigenvalue weighted by Crippen LogP contribution is -2.43. The molecule has 0 aromatic heterocycles. The van der Waals surface area contributed by atoms with E-state index in [1.807, 2.05) is 0 Å². The molecule has 0 spiro atoms. The Morgan fingerprint density at radius 1 is 1.39 bits per heavy atom. The lowest BCUT2D eigenvalue weighted by atomic mass is 9.92. The predicted octanol–water partition coefficient (Wildman–Crippen LogP) is 2.04. The second kappa shape index (κ2) is 5.69. The fraction of sp³-hybridized carbons (Fsp3) is 0.400. The normalized spacial score (nSPS) is 23.9. The molecule has 1 aliphatic carbocycles. The number of hydrogen-bond donors (Lipinski definition) is 2. The van der Waals surface area contributed by atoms with Crippen molar-refractivity contribution in [2.45, 2.75) is 31.3 Å². The summed E-state index contributed by atoms with van der Waals surface area (Å²) in [5.41, 5.74) is -0.884. The van der Waals surface area contributed by atoms with Gasteiger partial charge in [0.25, 0.3) is 5.91 Å². The topological polar surface area (TPSA) is 78.5 Å². The van der Waals surface area contributed by atoms with E-state index < -0.39 is 17.5 Å². The molecular weight excluding hydrogens is 341 g/mol. The van der Waals surface area contributed by atoms with Gasteiger partial charge in [-0.05, 0) is 31.9 Å². The van der Waals surface area contributed by atoms with Crippen LogP contribution in [0.2, 0.25) is 10.0 Å². The number of benzene rings is 1. The molecule has 1 aromatic carbocycles. The van der Waals surface area contributed by atoms with Crippen molar-refractivity contribution in [3.8, 4) is 0 Å². The Labute approximate surface area is 143 Å². The number of carbonyl (C=O) groups excluding carboxylic acids is 3. The summed E-state index contributed by atoms with van der Waals surface area (Å²) in [7, 11) is 0. The summed E-state index contributed by atoms with van der Waals surface area (Å²) >= 11 is 12.0. The van der Waals surface area contributed by atoms with E-state index in [1.54, 1.807) is 19.1 Å². The summed E-state index contributed by atoms with van der Waals surface area (Å²) in [6.45, 7) is 1.25. The molecule has 122 valence electrons. The SMILES string of the molecule is C[C@@]1(c2ccc(Cl)cc2Cl)NC(=O)N(CC(=O)NC2CC2)C1=O.